The third kappa shape index (κ3) is 2.75. The molecule has 0 spiro atoms. The normalized spacial score (nSPS) is 16.4. The average Bonchev–Trinajstić information content (AvgIpc) is 2.48. The van der Waals surface area contributed by atoms with Crippen molar-refractivity contribution in [1.82, 2.24) is 10.3 Å². The summed E-state index contributed by atoms with van der Waals surface area (Å²) in [5.74, 6) is 0.00477. The lowest BCUT2D eigenvalue weighted by Crippen LogP contribution is -2.36. The largest absolute Gasteiger partial charge is 0.349 e. The van der Waals surface area contributed by atoms with Gasteiger partial charge >= 0.3 is 0 Å². The highest BCUT2D eigenvalue weighted by Gasteiger charge is 2.16. The number of nitrogens with one attached hydrogen (secondary N) is 1. The van der Waals surface area contributed by atoms with E-state index in [1.54, 1.807) is 6.20 Å². The molecule has 1 saturated carbocycles. The molecule has 1 aliphatic rings. The Bertz CT molecular complexity index is 588. The first kappa shape index (κ1) is 12.2. The van der Waals surface area contributed by atoms with Crippen LogP contribution in [0.15, 0.2) is 36.5 Å². The van der Waals surface area contributed by atoms with E-state index in [1.165, 1.54) is 19.3 Å². The van der Waals surface area contributed by atoms with Gasteiger partial charge in [-0.1, -0.05) is 37.5 Å². The minimum absolute atomic E-state index is 0.00477. The third-order valence-corrected chi connectivity index (χ3v) is 3.79. The van der Waals surface area contributed by atoms with Crippen LogP contribution >= 0.6 is 0 Å². The van der Waals surface area contributed by atoms with Gasteiger partial charge in [0.05, 0.1) is 11.1 Å². The second-order valence-electron chi connectivity index (χ2n) is 5.23. The lowest BCUT2D eigenvalue weighted by molar-refractivity contribution is 0.0927. The second kappa shape index (κ2) is 5.39. The number of carbonyl (C=O) groups is 1. The zero-order valence-corrected chi connectivity index (χ0v) is 10.9. The van der Waals surface area contributed by atoms with Gasteiger partial charge < -0.3 is 5.32 Å². The predicted molar refractivity (Wildman–Crippen MR) is 76.1 cm³/mol. The number of benzene rings is 1. The zero-order chi connectivity index (χ0) is 13.1. The lowest BCUT2D eigenvalue weighted by atomic mass is 9.95. The van der Waals surface area contributed by atoms with Crippen molar-refractivity contribution in [3.05, 3.63) is 42.1 Å². The Morgan fingerprint density at radius 3 is 2.79 bits per heavy atom. The maximum atomic E-state index is 12.2. The summed E-state index contributed by atoms with van der Waals surface area (Å²) >= 11 is 0. The molecule has 3 heteroatoms. The molecule has 0 saturated heterocycles. The number of rotatable bonds is 2. The molecular formula is C16H18N2O. The minimum Gasteiger partial charge on any atom is -0.349 e. The van der Waals surface area contributed by atoms with Gasteiger partial charge in [0.1, 0.15) is 0 Å². The summed E-state index contributed by atoms with van der Waals surface area (Å²) < 4.78 is 0. The van der Waals surface area contributed by atoms with Crippen molar-refractivity contribution in [2.45, 2.75) is 38.1 Å². The average molecular weight is 254 g/mol. The van der Waals surface area contributed by atoms with E-state index in [4.69, 9.17) is 0 Å². The summed E-state index contributed by atoms with van der Waals surface area (Å²) in [6.45, 7) is 0. The Kier molecular flexibility index (Phi) is 3.45. The molecule has 1 aliphatic carbocycles. The molecule has 3 rings (SSSR count). The number of amides is 1. The van der Waals surface area contributed by atoms with Crippen LogP contribution in [-0.4, -0.2) is 16.9 Å². The van der Waals surface area contributed by atoms with Crippen LogP contribution in [0.3, 0.4) is 0 Å². The number of carbonyl (C=O) groups excluding carboxylic acids is 1. The fraction of sp³-hybridized carbons (Fsp3) is 0.375. The monoisotopic (exact) mass is 254 g/mol. The van der Waals surface area contributed by atoms with E-state index in [2.05, 4.69) is 10.3 Å². The van der Waals surface area contributed by atoms with Gasteiger partial charge in [0.2, 0.25) is 0 Å². The van der Waals surface area contributed by atoms with Crippen LogP contribution in [-0.2, 0) is 0 Å². The molecule has 1 amide bonds. The first-order valence-corrected chi connectivity index (χ1v) is 6.98. The Labute approximate surface area is 113 Å². The molecule has 3 nitrogen and oxygen atoms in total. The summed E-state index contributed by atoms with van der Waals surface area (Å²) in [4.78, 5) is 16.5. The highest BCUT2D eigenvalue weighted by Crippen LogP contribution is 2.18. The Hall–Kier alpha value is -1.90. The van der Waals surface area contributed by atoms with E-state index in [0.717, 1.165) is 23.7 Å². The molecule has 0 aliphatic heterocycles. The Balaban J connectivity index is 1.77. The molecule has 0 unspecified atom stereocenters. The van der Waals surface area contributed by atoms with Crippen LogP contribution in [0.1, 0.15) is 42.5 Å². The van der Waals surface area contributed by atoms with E-state index in [-0.39, 0.29) is 5.91 Å². The second-order valence-corrected chi connectivity index (χ2v) is 5.23. The summed E-state index contributed by atoms with van der Waals surface area (Å²) in [7, 11) is 0. The van der Waals surface area contributed by atoms with E-state index in [9.17, 15) is 4.79 Å². The van der Waals surface area contributed by atoms with Gasteiger partial charge in [-0.15, -0.1) is 0 Å². The number of aromatic nitrogens is 1. The molecule has 1 fully saturated rings. The van der Waals surface area contributed by atoms with Crippen LogP contribution in [0.2, 0.25) is 0 Å². The van der Waals surface area contributed by atoms with Gasteiger partial charge in [-0.05, 0) is 25.0 Å². The summed E-state index contributed by atoms with van der Waals surface area (Å²) in [6.07, 6.45) is 7.62. The molecule has 1 N–H and O–H groups in total. The number of hydrogen-bond acceptors (Lipinski definition) is 2. The van der Waals surface area contributed by atoms with Crippen molar-refractivity contribution in [2.24, 2.45) is 0 Å². The van der Waals surface area contributed by atoms with Crippen LogP contribution in [0.25, 0.3) is 10.9 Å². The van der Waals surface area contributed by atoms with Crippen molar-refractivity contribution >= 4 is 16.8 Å². The van der Waals surface area contributed by atoms with Crippen molar-refractivity contribution in [1.29, 1.82) is 0 Å². The fourth-order valence-corrected chi connectivity index (χ4v) is 2.71. The molecule has 2 aromatic rings. The number of hydrogen-bond donors (Lipinski definition) is 1. The third-order valence-electron chi connectivity index (χ3n) is 3.79. The number of pyridine rings is 1. The number of nitrogens with zero attached hydrogens (tertiary/aromatic N) is 1. The lowest BCUT2D eigenvalue weighted by Gasteiger charge is -2.22. The van der Waals surface area contributed by atoms with Crippen LogP contribution in [0.5, 0.6) is 0 Å². The molecule has 0 radical (unpaired) electrons. The standard InChI is InChI=1S/C16H18N2O/c19-16(18-14-7-2-1-3-8-14)13-10-12-6-4-5-9-15(12)17-11-13/h4-6,9-11,14H,1-3,7-8H2,(H,18,19). The van der Waals surface area contributed by atoms with Gasteiger partial charge in [-0.3, -0.25) is 9.78 Å². The van der Waals surface area contributed by atoms with Gasteiger partial charge in [0, 0.05) is 17.6 Å². The minimum atomic E-state index is 0.00477. The quantitative estimate of drug-likeness (QED) is 0.893. The molecule has 0 bridgehead atoms. The molecule has 0 atom stereocenters. The van der Waals surface area contributed by atoms with Gasteiger partial charge in [0.15, 0.2) is 0 Å². The van der Waals surface area contributed by atoms with Gasteiger partial charge in [-0.2, -0.15) is 0 Å². The fourth-order valence-electron chi connectivity index (χ4n) is 2.71. The van der Waals surface area contributed by atoms with Crippen molar-refractivity contribution in [3.63, 3.8) is 0 Å². The van der Waals surface area contributed by atoms with E-state index in [0.29, 0.717) is 11.6 Å². The molecule has 1 heterocycles. The highest BCUT2D eigenvalue weighted by atomic mass is 16.1. The van der Waals surface area contributed by atoms with Crippen molar-refractivity contribution in [3.8, 4) is 0 Å². The van der Waals surface area contributed by atoms with Crippen LogP contribution in [0.4, 0.5) is 0 Å². The predicted octanol–water partition coefficient (Wildman–Crippen LogP) is 3.30. The SMILES string of the molecule is O=C(NC1CCCCC1)c1cnc2ccccc2c1. The van der Waals surface area contributed by atoms with E-state index >= 15 is 0 Å². The van der Waals surface area contributed by atoms with Crippen molar-refractivity contribution < 1.29 is 4.79 Å². The number of para-hydroxylation sites is 1. The topological polar surface area (TPSA) is 42.0 Å². The highest BCUT2D eigenvalue weighted by molar-refractivity contribution is 5.97. The van der Waals surface area contributed by atoms with Crippen LogP contribution < -0.4 is 5.32 Å². The Morgan fingerprint density at radius 1 is 1.16 bits per heavy atom. The summed E-state index contributed by atoms with van der Waals surface area (Å²) in [6, 6.07) is 10.1. The molecule has 19 heavy (non-hydrogen) atoms. The molecule has 1 aromatic carbocycles. The van der Waals surface area contributed by atoms with E-state index < -0.39 is 0 Å². The van der Waals surface area contributed by atoms with Crippen molar-refractivity contribution in [2.75, 3.05) is 0 Å². The smallest absolute Gasteiger partial charge is 0.253 e. The Morgan fingerprint density at radius 2 is 1.95 bits per heavy atom. The number of fused-ring (bicyclic) bond motifs is 1. The first-order chi connectivity index (χ1) is 9.33. The van der Waals surface area contributed by atoms with E-state index in [1.807, 2.05) is 30.3 Å². The molecule has 98 valence electrons. The first-order valence-electron chi connectivity index (χ1n) is 6.98. The molecule has 1 aromatic heterocycles. The summed E-state index contributed by atoms with van der Waals surface area (Å²) in [5, 5.41) is 4.13. The van der Waals surface area contributed by atoms with Gasteiger partial charge in [-0.25, -0.2) is 0 Å². The molecular weight excluding hydrogens is 236 g/mol. The summed E-state index contributed by atoms with van der Waals surface area (Å²) in [5.41, 5.74) is 1.58. The zero-order valence-electron chi connectivity index (χ0n) is 10.9. The van der Waals surface area contributed by atoms with Crippen LogP contribution in [0, 0.1) is 0 Å². The maximum Gasteiger partial charge on any atom is 0.253 e. The van der Waals surface area contributed by atoms with Gasteiger partial charge in [0.25, 0.3) is 5.91 Å². The maximum absolute atomic E-state index is 12.2.